The van der Waals surface area contributed by atoms with Crippen LogP contribution in [0.15, 0.2) is 11.0 Å². The van der Waals surface area contributed by atoms with Gasteiger partial charge in [0.25, 0.3) is 15.9 Å². The summed E-state index contributed by atoms with van der Waals surface area (Å²) in [7, 11) is -2.71. The number of ether oxygens (including phenoxy) is 1. The van der Waals surface area contributed by atoms with E-state index in [0.29, 0.717) is 4.88 Å². The molecule has 0 bridgehead atoms. The van der Waals surface area contributed by atoms with Crippen molar-refractivity contribution in [2.24, 2.45) is 5.92 Å². The maximum atomic E-state index is 12.8. The molecule has 136 valence electrons. The maximum absolute atomic E-state index is 12.8. The van der Waals surface area contributed by atoms with E-state index in [-0.39, 0.29) is 30.6 Å². The monoisotopic (exact) mass is 381 g/mol. The van der Waals surface area contributed by atoms with Gasteiger partial charge in [0.05, 0.1) is 0 Å². The molecule has 0 atom stereocenters. The number of halogens is 2. The van der Waals surface area contributed by atoms with E-state index in [4.69, 9.17) is 4.74 Å². The predicted molar refractivity (Wildman–Crippen MR) is 86.8 cm³/mol. The van der Waals surface area contributed by atoms with Gasteiger partial charge in [0.2, 0.25) is 6.43 Å². The van der Waals surface area contributed by atoms with Crippen molar-refractivity contribution in [1.82, 2.24) is 4.72 Å². The van der Waals surface area contributed by atoms with Crippen LogP contribution in [0.1, 0.15) is 35.4 Å². The Hall–Kier alpha value is -1.06. The van der Waals surface area contributed by atoms with Crippen molar-refractivity contribution < 1.29 is 26.7 Å². The molecule has 1 amide bonds. The Bertz CT molecular complexity index is 707. The Labute approximate surface area is 144 Å². The molecule has 24 heavy (non-hydrogen) atoms. The number of rotatable bonds is 5. The molecule has 9 heteroatoms. The Kier molecular flexibility index (Phi) is 5.66. The molecule has 1 heterocycles. The molecule has 0 radical (unpaired) electrons. The minimum atomic E-state index is -4.01. The van der Waals surface area contributed by atoms with Crippen molar-refractivity contribution in [3.63, 3.8) is 0 Å². The van der Waals surface area contributed by atoms with E-state index in [1.54, 1.807) is 13.8 Å². The summed E-state index contributed by atoms with van der Waals surface area (Å²) in [5.41, 5.74) is -1.38. The molecule has 1 fully saturated rings. The Morgan fingerprint density at radius 2 is 1.96 bits per heavy atom. The second-order valence-electron chi connectivity index (χ2n) is 6.08. The van der Waals surface area contributed by atoms with E-state index in [1.165, 1.54) is 24.5 Å². The van der Waals surface area contributed by atoms with E-state index in [1.807, 2.05) is 0 Å². The zero-order valence-electron chi connectivity index (χ0n) is 13.8. The van der Waals surface area contributed by atoms with E-state index >= 15 is 0 Å². The van der Waals surface area contributed by atoms with Gasteiger partial charge in [0, 0.05) is 22.8 Å². The lowest BCUT2D eigenvalue weighted by atomic mass is 9.78. The van der Waals surface area contributed by atoms with E-state index < -0.39 is 33.9 Å². The highest BCUT2D eigenvalue weighted by molar-refractivity contribution is 7.90. The van der Waals surface area contributed by atoms with Crippen molar-refractivity contribution in [1.29, 1.82) is 0 Å². The first-order valence-electron chi connectivity index (χ1n) is 7.59. The largest absolute Gasteiger partial charge is 0.368 e. The fourth-order valence-electron chi connectivity index (χ4n) is 3.03. The number of methoxy groups -OCH3 is 1. The van der Waals surface area contributed by atoms with Crippen LogP contribution in [0.25, 0.3) is 0 Å². The molecule has 0 spiro atoms. The number of hydrogen-bond donors (Lipinski definition) is 1. The molecule has 1 aromatic rings. The number of carbonyl (C=O) groups is 1. The molecule has 2 rings (SSSR count). The summed E-state index contributed by atoms with van der Waals surface area (Å²) in [6.07, 6.45) is -2.06. The molecular weight excluding hydrogens is 360 g/mol. The van der Waals surface area contributed by atoms with Crippen molar-refractivity contribution in [3.8, 4) is 0 Å². The van der Waals surface area contributed by atoms with Crippen LogP contribution in [0.3, 0.4) is 0 Å². The number of alkyl halides is 2. The van der Waals surface area contributed by atoms with Gasteiger partial charge in [-0.15, -0.1) is 11.3 Å². The average Bonchev–Trinajstić information content (AvgIpc) is 2.86. The summed E-state index contributed by atoms with van der Waals surface area (Å²) in [5, 5.41) is 0. The molecule has 0 unspecified atom stereocenters. The molecule has 0 aromatic carbocycles. The molecular formula is C15H21F2NO4S2. The van der Waals surface area contributed by atoms with Crippen LogP contribution in [0.2, 0.25) is 0 Å². The van der Waals surface area contributed by atoms with Gasteiger partial charge in [-0.1, -0.05) is 0 Å². The van der Waals surface area contributed by atoms with Crippen LogP contribution < -0.4 is 4.72 Å². The number of carbonyl (C=O) groups excluding carboxylic acids is 1. The fourth-order valence-corrected chi connectivity index (χ4v) is 5.62. The van der Waals surface area contributed by atoms with Crippen molar-refractivity contribution >= 4 is 27.3 Å². The highest BCUT2D eigenvalue weighted by Gasteiger charge is 2.45. The third-order valence-electron chi connectivity index (χ3n) is 4.51. The number of aryl methyl sites for hydroxylation is 2. The lowest BCUT2D eigenvalue weighted by molar-refractivity contribution is -0.148. The van der Waals surface area contributed by atoms with Crippen molar-refractivity contribution in [3.05, 3.63) is 15.8 Å². The van der Waals surface area contributed by atoms with Crippen LogP contribution in [-0.4, -0.2) is 33.5 Å². The van der Waals surface area contributed by atoms with Crippen LogP contribution in [0, 0.1) is 19.8 Å². The summed E-state index contributed by atoms with van der Waals surface area (Å²) in [4.78, 5) is 14.0. The number of nitrogens with one attached hydrogen (secondary N) is 1. The lowest BCUT2D eigenvalue weighted by Gasteiger charge is -2.37. The van der Waals surface area contributed by atoms with Crippen molar-refractivity contribution in [2.75, 3.05) is 7.11 Å². The van der Waals surface area contributed by atoms with Gasteiger partial charge in [-0.05, 0) is 45.6 Å². The first kappa shape index (κ1) is 19.3. The smallest absolute Gasteiger partial charge is 0.265 e. The van der Waals surface area contributed by atoms with Crippen LogP contribution in [-0.2, 0) is 19.6 Å². The number of sulfonamides is 1. The van der Waals surface area contributed by atoms with Gasteiger partial charge in [-0.25, -0.2) is 21.9 Å². The minimum absolute atomic E-state index is 0.0610. The Morgan fingerprint density at radius 1 is 1.38 bits per heavy atom. The summed E-state index contributed by atoms with van der Waals surface area (Å²) in [6, 6.07) is 1.50. The van der Waals surface area contributed by atoms with Crippen LogP contribution in [0.4, 0.5) is 8.78 Å². The minimum Gasteiger partial charge on any atom is -0.368 e. The third kappa shape index (κ3) is 3.78. The van der Waals surface area contributed by atoms with Gasteiger partial charge < -0.3 is 4.74 Å². The molecule has 1 aliphatic carbocycles. The predicted octanol–water partition coefficient (Wildman–Crippen LogP) is 3.01. The Morgan fingerprint density at radius 3 is 2.38 bits per heavy atom. The number of amides is 1. The molecule has 1 N–H and O–H groups in total. The quantitative estimate of drug-likeness (QED) is 0.851. The maximum Gasteiger partial charge on any atom is 0.265 e. The summed E-state index contributed by atoms with van der Waals surface area (Å²) in [6.45, 7) is 3.44. The van der Waals surface area contributed by atoms with Crippen molar-refractivity contribution in [2.45, 2.75) is 56.5 Å². The fraction of sp³-hybridized carbons (Fsp3) is 0.667. The molecule has 1 aromatic heterocycles. The summed E-state index contributed by atoms with van der Waals surface area (Å²) < 4.78 is 57.8. The molecule has 0 saturated heterocycles. The van der Waals surface area contributed by atoms with E-state index in [2.05, 4.69) is 4.72 Å². The standard InChI is InChI=1S/C15H21F2NO4S2/c1-9-8-12(10(2)23-9)24(20,21)18-14(19)15(22-3)6-4-11(5-7-15)13(16)17/h8,11,13H,4-7H2,1-3H3,(H,18,19). The number of thiophene rings is 1. The van der Waals surface area contributed by atoms with E-state index in [0.717, 1.165) is 4.88 Å². The normalized spacial score (nSPS) is 25.0. The first-order valence-corrected chi connectivity index (χ1v) is 9.89. The average molecular weight is 381 g/mol. The third-order valence-corrected chi connectivity index (χ3v) is 7.06. The van der Waals surface area contributed by atoms with Gasteiger partial charge in [0.1, 0.15) is 10.5 Å². The molecule has 5 nitrogen and oxygen atoms in total. The summed E-state index contributed by atoms with van der Waals surface area (Å²) >= 11 is 1.32. The zero-order chi connectivity index (χ0) is 18.1. The first-order chi connectivity index (χ1) is 11.1. The molecule has 1 saturated carbocycles. The van der Waals surface area contributed by atoms with Gasteiger partial charge >= 0.3 is 0 Å². The highest BCUT2D eigenvalue weighted by atomic mass is 32.2. The summed E-state index contributed by atoms with van der Waals surface area (Å²) in [5.74, 6) is -1.57. The SMILES string of the molecule is COC1(C(=O)NS(=O)(=O)c2cc(C)sc2C)CCC(C(F)F)CC1. The van der Waals surface area contributed by atoms with Gasteiger partial charge in [0.15, 0.2) is 0 Å². The van der Waals surface area contributed by atoms with Crippen LogP contribution in [0.5, 0.6) is 0 Å². The lowest BCUT2D eigenvalue weighted by Crippen LogP contribution is -2.52. The Balaban J connectivity index is 2.17. The van der Waals surface area contributed by atoms with Gasteiger partial charge in [-0.3, -0.25) is 4.79 Å². The second kappa shape index (κ2) is 7.05. The van der Waals surface area contributed by atoms with Crippen LogP contribution >= 0.6 is 11.3 Å². The molecule has 1 aliphatic rings. The van der Waals surface area contributed by atoms with E-state index in [9.17, 15) is 22.0 Å². The number of hydrogen-bond acceptors (Lipinski definition) is 5. The molecule has 0 aliphatic heterocycles. The second-order valence-corrected chi connectivity index (χ2v) is 9.19. The highest BCUT2D eigenvalue weighted by Crippen LogP contribution is 2.38. The van der Waals surface area contributed by atoms with Gasteiger partial charge in [-0.2, -0.15) is 0 Å². The topological polar surface area (TPSA) is 72.5 Å². The zero-order valence-corrected chi connectivity index (χ0v) is 15.4.